The van der Waals surface area contributed by atoms with Gasteiger partial charge in [-0.25, -0.2) is 8.42 Å². The second kappa shape index (κ2) is 18.9. The first-order chi connectivity index (χ1) is 30.2. The molecular formula is C50H55N3O8S. The zero-order valence-electron chi connectivity index (χ0n) is 35.3. The van der Waals surface area contributed by atoms with E-state index in [-0.39, 0.29) is 48.9 Å². The Labute approximate surface area is 364 Å². The van der Waals surface area contributed by atoms with Crippen LogP contribution in [0.5, 0.6) is 17.2 Å². The van der Waals surface area contributed by atoms with Crippen LogP contribution < -0.4 is 9.47 Å². The molecule has 0 amide bonds. The van der Waals surface area contributed by atoms with E-state index in [1.165, 1.54) is 11.4 Å². The molecule has 62 heavy (non-hydrogen) atoms. The normalized spacial score (nSPS) is 23.6. The highest BCUT2D eigenvalue weighted by atomic mass is 32.2. The zero-order chi connectivity index (χ0) is 43.3. The molecule has 12 heteroatoms. The number of ether oxygens (including phenoxy) is 3. The van der Waals surface area contributed by atoms with Gasteiger partial charge in [0.05, 0.1) is 29.8 Å². The smallest absolute Gasteiger partial charge is 0.245 e. The Morgan fingerprint density at radius 3 is 2.37 bits per heavy atom. The van der Waals surface area contributed by atoms with E-state index < -0.39 is 27.8 Å². The quantitative estimate of drug-likeness (QED) is 0.0502. The van der Waals surface area contributed by atoms with Gasteiger partial charge in [-0.2, -0.15) is 4.31 Å². The molecule has 5 aromatic rings. The van der Waals surface area contributed by atoms with Crippen LogP contribution in [0.15, 0.2) is 144 Å². The van der Waals surface area contributed by atoms with E-state index in [2.05, 4.69) is 34.9 Å². The third-order valence-corrected chi connectivity index (χ3v) is 14.6. The number of sulfonamides is 1. The maximum absolute atomic E-state index is 15.1. The summed E-state index contributed by atoms with van der Waals surface area (Å²) in [7, 11) is -1.16. The molecule has 2 aliphatic carbocycles. The van der Waals surface area contributed by atoms with E-state index in [9.17, 15) is 10.2 Å². The summed E-state index contributed by atoms with van der Waals surface area (Å²) >= 11 is 0. The molecule has 0 saturated heterocycles. The van der Waals surface area contributed by atoms with Crippen molar-refractivity contribution in [2.75, 3.05) is 34.0 Å². The Bertz CT molecular complexity index is 2520. The highest BCUT2D eigenvalue weighted by molar-refractivity contribution is 7.89. The fourth-order valence-corrected chi connectivity index (χ4v) is 11.5. The van der Waals surface area contributed by atoms with Crippen molar-refractivity contribution < 1.29 is 37.7 Å². The van der Waals surface area contributed by atoms with Crippen LogP contribution in [0.4, 0.5) is 0 Å². The van der Waals surface area contributed by atoms with Gasteiger partial charge in [-0.1, -0.05) is 90.8 Å². The maximum atomic E-state index is 15.1. The number of allylic oxidation sites excluding steroid dienone is 1. The summed E-state index contributed by atoms with van der Waals surface area (Å²) in [6.07, 6.45) is 10.1. The predicted octanol–water partition coefficient (Wildman–Crippen LogP) is 9.28. The second-order valence-electron chi connectivity index (χ2n) is 16.3. The largest absolute Gasteiger partial charge is 0.460 e. The third-order valence-electron chi connectivity index (χ3n) is 12.7. The van der Waals surface area contributed by atoms with E-state index in [1.54, 1.807) is 37.5 Å². The van der Waals surface area contributed by atoms with Gasteiger partial charge in [0.2, 0.25) is 15.8 Å². The molecule has 0 spiro atoms. The van der Waals surface area contributed by atoms with Gasteiger partial charge in [0.25, 0.3) is 0 Å². The first-order valence-electron chi connectivity index (χ1n) is 21.5. The number of aliphatic hydroxyl groups is 2. The number of hydrogen-bond donors (Lipinski definition) is 2. The number of hydrogen-bond acceptors (Lipinski definition) is 10. The van der Waals surface area contributed by atoms with E-state index in [4.69, 9.17) is 19.0 Å². The van der Waals surface area contributed by atoms with Crippen molar-refractivity contribution in [1.29, 1.82) is 0 Å². The number of aliphatic hydroxyl groups excluding tert-OH is 2. The fraction of sp³-hybridized carbons (Fsp3) is 0.360. The summed E-state index contributed by atoms with van der Waals surface area (Å²) in [6, 6.07) is 31.9. The van der Waals surface area contributed by atoms with Crippen molar-refractivity contribution in [1.82, 2.24) is 9.29 Å². The summed E-state index contributed by atoms with van der Waals surface area (Å²) in [4.78, 5) is 10.1. The number of fused-ring (bicyclic) bond motifs is 3. The third kappa shape index (κ3) is 8.30. The first kappa shape index (κ1) is 43.3. The number of benzene rings is 4. The molecule has 0 bridgehead atoms. The summed E-state index contributed by atoms with van der Waals surface area (Å²) in [5, 5.41) is 25.1. The number of likely N-dealkylation sites (N-methyl/N-ethyl adjacent to an activating group) is 1. The lowest BCUT2D eigenvalue weighted by molar-refractivity contribution is -0.250. The Hall–Kier alpha value is -5.37. The summed E-state index contributed by atoms with van der Waals surface area (Å²) in [5.74, 6) is -0.442. The number of rotatable bonds is 18. The van der Waals surface area contributed by atoms with Crippen LogP contribution in [-0.4, -0.2) is 79.4 Å². The molecular weight excluding hydrogens is 803 g/mol. The number of pyridine rings is 1. The predicted molar refractivity (Wildman–Crippen MR) is 241 cm³/mol. The van der Waals surface area contributed by atoms with Crippen LogP contribution in [0.2, 0.25) is 0 Å². The van der Waals surface area contributed by atoms with Crippen LogP contribution in [0.1, 0.15) is 56.4 Å². The van der Waals surface area contributed by atoms with Gasteiger partial charge in [0, 0.05) is 49.7 Å². The van der Waals surface area contributed by atoms with Crippen LogP contribution in [0, 0.1) is 17.8 Å². The van der Waals surface area contributed by atoms with E-state index in [0.29, 0.717) is 46.7 Å². The van der Waals surface area contributed by atoms with Gasteiger partial charge in [-0.3, -0.25) is 4.98 Å². The first-order valence-corrected chi connectivity index (χ1v) is 22.9. The standard InChI is InChI=1S/C50H55N3O8S/c1-4-30-59-50-46(53(2)62(56,57)45-20-12-17-36-18-13-27-51-49(36)45)33-43(52-58-3)41-31-37(16-8-10-28-54)40(19-9-11-29-55)47(48(41)50)42-32-39(25-26-44(42)61-50)60-38-23-21-35(22-24-38)34-14-6-5-7-15-34/h4-7,12-15,17-18,20-27,31-32,37,40,46-48,54-55H,1,8-11,16,19,28-30,33H2,2-3H3/t37-,40+,46-,47+,48+,50+/m0/s1. The summed E-state index contributed by atoms with van der Waals surface area (Å²) in [6.45, 7) is 4.24. The lowest BCUT2D eigenvalue weighted by Gasteiger charge is -2.59. The molecule has 8 rings (SSSR count). The SMILES string of the molecule is C=CCO[C@@]12Oc3ccc(Oc4ccc(-c5ccccc5)cc4)cc3[C@H]3[C@H](CCCCO)[C@@H](CCCCO)C=C(C(=NOC)C[C@@H]1N(C)S(=O)(=O)c1cccc4cccnc14)[C@H]32. The van der Waals surface area contributed by atoms with Gasteiger partial charge in [0.15, 0.2) is 0 Å². The van der Waals surface area contributed by atoms with Crippen molar-refractivity contribution in [3.63, 3.8) is 0 Å². The fourth-order valence-electron chi connectivity index (χ4n) is 9.97. The number of para-hydroxylation sites is 1. The molecule has 2 N–H and O–H groups in total. The minimum atomic E-state index is -4.24. The summed E-state index contributed by atoms with van der Waals surface area (Å²) in [5.41, 5.74) is 4.98. The topological polar surface area (TPSA) is 140 Å². The number of aromatic nitrogens is 1. The average Bonchev–Trinajstić information content (AvgIpc) is 3.30. The Morgan fingerprint density at radius 2 is 1.63 bits per heavy atom. The summed E-state index contributed by atoms with van der Waals surface area (Å²) < 4.78 is 52.3. The lowest BCUT2D eigenvalue weighted by atomic mass is 9.55. The van der Waals surface area contributed by atoms with Gasteiger partial charge in [-0.05, 0) is 96.7 Å². The molecule has 3 aliphatic rings. The molecule has 6 atom stereocenters. The van der Waals surface area contributed by atoms with Crippen molar-refractivity contribution in [3.05, 3.63) is 139 Å². The monoisotopic (exact) mass is 857 g/mol. The van der Waals surface area contributed by atoms with Gasteiger partial charge in [0.1, 0.15) is 29.3 Å². The number of nitrogens with zero attached hydrogens (tertiary/aromatic N) is 3. The van der Waals surface area contributed by atoms with Gasteiger partial charge < -0.3 is 29.3 Å². The van der Waals surface area contributed by atoms with Crippen molar-refractivity contribution in [2.45, 2.75) is 67.6 Å². The Morgan fingerprint density at radius 1 is 0.903 bits per heavy atom. The molecule has 1 saturated carbocycles. The zero-order valence-corrected chi connectivity index (χ0v) is 36.1. The van der Waals surface area contributed by atoms with Gasteiger partial charge >= 0.3 is 0 Å². The molecule has 2 heterocycles. The molecule has 4 aromatic carbocycles. The minimum absolute atomic E-state index is 0.00970. The highest BCUT2D eigenvalue weighted by Gasteiger charge is 2.65. The molecule has 1 fully saturated rings. The van der Waals surface area contributed by atoms with E-state index in [1.807, 2.05) is 72.8 Å². The van der Waals surface area contributed by atoms with Crippen molar-refractivity contribution >= 4 is 26.6 Å². The molecule has 0 radical (unpaired) electrons. The van der Waals surface area contributed by atoms with Gasteiger partial charge in [-0.15, -0.1) is 6.58 Å². The van der Waals surface area contributed by atoms with Crippen LogP contribution in [0.3, 0.4) is 0 Å². The molecule has 1 aromatic heterocycles. The molecule has 11 nitrogen and oxygen atoms in total. The number of unbranched alkanes of at least 4 members (excludes halogenated alkanes) is 2. The Balaban J connectivity index is 1.29. The van der Waals surface area contributed by atoms with Crippen molar-refractivity contribution in [2.24, 2.45) is 22.9 Å². The lowest BCUT2D eigenvalue weighted by Crippen LogP contribution is -2.69. The van der Waals surface area contributed by atoms with E-state index in [0.717, 1.165) is 47.9 Å². The van der Waals surface area contributed by atoms with Crippen LogP contribution >= 0.6 is 0 Å². The molecule has 1 aliphatic heterocycles. The minimum Gasteiger partial charge on any atom is -0.460 e. The second-order valence-corrected chi connectivity index (χ2v) is 18.3. The number of oxime groups is 1. The maximum Gasteiger partial charge on any atom is 0.245 e. The van der Waals surface area contributed by atoms with Crippen molar-refractivity contribution in [3.8, 4) is 28.4 Å². The Kier molecular flexibility index (Phi) is 13.2. The van der Waals surface area contributed by atoms with Crippen LogP contribution in [0.25, 0.3) is 22.0 Å². The molecule has 324 valence electrons. The molecule has 0 unspecified atom stereocenters. The average molecular weight is 858 g/mol. The van der Waals surface area contributed by atoms with E-state index >= 15 is 8.42 Å². The highest BCUT2D eigenvalue weighted by Crippen LogP contribution is 2.62. The van der Waals surface area contributed by atoms with Crippen LogP contribution in [-0.2, 0) is 19.6 Å².